The first-order valence-corrected chi connectivity index (χ1v) is 5.51. The number of benzene rings is 1. The second-order valence-corrected chi connectivity index (χ2v) is 3.51. The number of hydrogen-bond donors (Lipinski definition) is 1. The highest BCUT2D eigenvalue weighted by atomic mass is 16.5. The van der Waals surface area contributed by atoms with Gasteiger partial charge in [0.2, 0.25) is 0 Å². The minimum atomic E-state index is -0.429. The molecule has 0 aliphatic carbocycles. The number of aliphatic hydroxyl groups is 1. The third kappa shape index (κ3) is 2.83. The van der Waals surface area contributed by atoms with Crippen LogP contribution in [0, 0.1) is 11.3 Å². The molecule has 0 heterocycles. The Morgan fingerprint density at radius 3 is 2.53 bits per heavy atom. The maximum atomic E-state index is 11.6. The average Bonchev–Trinajstić information content (AvgIpc) is 2.37. The molecule has 0 aliphatic heterocycles. The summed E-state index contributed by atoms with van der Waals surface area (Å²) in [6.07, 6.45) is 0.628. The fourth-order valence-corrected chi connectivity index (χ4v) is 1.65. The lowest BCUT2D eigenvalue weighted by atomic mass is 9.97. The van der Waals surface area contributed by atoms with Crippen molar-refractivity contribution >= 4 is 5.97 Å². The Morgan fingerprint density at radius 2 is 2.06 bits per heavy atom. The molecule has 1 rings (SSSR count). The molecule has 4 heteroatoms. The highest BCUT2D eigenvalue weighted by molar-refractivity contribution is 5.90. The van der Waals surface area contributed by atoms with Gasteiger partial charge in [-0.1, -0.05) is 6.92 Å². The minimum absolute atomic E-state index is 0.261. The number of esters is 1. The molecule has 17 heavy (non-hydrogen) atoms. The fraction of sp³-hybridized carbons (Fsp3) is 0.385. The molecule has 1 aromatic rings. The van der Waals surface area contributed by atoms with Crippen molar-refractivity contribution in [1.29, 1.82) is 5.26 Å². The van der Waals surface area contributed by atoms with Crippen LogP contribution < -0.4 is 0 Å². The average molecular weight is 233 g/mol. The Labute approximate surface area is 100 Å². The van der Waals surface area contributed by atoms with Crippen molar-refractivity contribution in [2.24, 2.45) is 0 Å². The maximum Gasteiger partial charge on any atom is 0.338 e. The van der Waals surface area contributed by atoms with Crippen LogP contribution >= 0.6 is 0 Å². The molecule has 0 atom stereocenters. The van der Waals surface area contributed by atoms with Gasteiger partial charge in [0, 0.05) is 0 Å². The second kappa shape index (κ2) is 6.02. The Kier molecular flexibility index (Phi) is 4.68. The first-order valence-electron chi connectivity index (χ1n) is 5.51. The standard InChI is InChI=1S/C13H15NO3/c1-3-9-5-10(13(16)17-4-2)6-11(8-15)12(9)7-14/h5-6,15H,3-4,8H2,1-2H3. The summed E-state index contributed by atoms with van der Waals surface area (Å²) in [4.78, 5) is 11.6. The van der Waals surface area contributed by atoms with Gasteiger partial charge < -0.3 is 9.84 Å². The minimum Gasteiger partial charge on any atom is -0.462 e. The largest absolute Gasteiger partial charge is 0.462 e. The normalized spacial score (nSPS) is 9.76. The van der Waals surface area contributed by atoms with E-state index >= 15 is 0 Å². The summed E-state index contributed by atoms with van der Waals surface area (Å²) in [7, 11) is 0. The van der Waals surface area contributed by atoms with Gasteiger partial charge in [0.1, 0.15) is 0 Å². The van der Waals surface area contributed by atoms with Gasteiger partial charge in [0.25, 0.3) is 0 Å². The zero-order valence-corrected chi connectivity index (χ0v) is 9.99. The summed E-state index contributed by atoms with van der Waals surface area (Å²) in [6, 6.07) is 5.21. The van der Waals surface area contributed by atoms with Gasteiger partial charge in [0.15, 0.2) is 0 Å². The van der Waals surface area contributed by atoms with Gasteiger partial charge in [-0.2, -0.15) is 5.26 Å². The van der Waals surface area contributed by atoms with Crippen molar-refractivity contribution in [3.8, 4) is 6.07 Å². The first kappa shape index (κ1) is 13.2. The van der Waals surface area contributed by atoms with Crippen LogP contribution in [0.2, 0.25) is 0 Å². The lowest BCUT2D eigenvalue weighted by Gasteiger charge is -2.09. The summed E-state index contributed by atoms with van der Waals surface area (Å²) < 4.78 is 4.90. The molecule has 0 fully saturated rings. The van der Waals surface area contributed by atoms with Crippen molar-refractivity contribution in [2.45, 2.75) is 26.9 Å². The SMILES string of the molecule is CCOC(=O)c1cc(CC)c(C#N)c(CO)c1. The molecule has 0 spiro atoms. The lowest BCUT2D eigenvalue weighted by Crippen LogP contribution is -2.08. The summed E-state index contributed by atoms with van der Waals surface area (Å²) in [5.74, 6) is -0.429. The fourth-order valence-electron chi connectivity index (χ4n) is 1.65. The van der Waals surface area contributed by atoms with Gasteiger partial charge in [-0.05, 0) is 36.6 Å². The van der Waals surface area contributed by atoms with E-state index in [1.54, 1.807) is 13.0 Å². The molecule has 0 aromatic heterocycles. The zero-order chi connectivity index (χ0) is 12.8. The molecular formula is C13H15NO3. The quantitative estimate of drug-likeness (QED) is 0.805. The van der Waals surface area contributed by atoms with Crippen LogP contribution in [0.1, 0.15) is 40.9 Å². The number of nitrogens with zero attached hydrogens (tertiary/aromatic N) is 1. The van der Waals surface area contributed by atoms with E-state index in [0.29, 0.717) is 29.7 Å². The number of aryl methyl sites for hydroxylation is 1. The maximum absolute atomic E-state index is 11.6. The summed E-state index contributed by atoms with van der Waals surface area (Å²) in [5, 5.41) is 18.2. The number of hydrogen-bond acceptors (Lipinski definition) is 4. The van der Waals surface area contributed by atoms with Crippen molar-refractivity contribution in [2.75, 3.05) is 6.61 Å². The topological polar surface area (TPSA) is 70.3 Å². The van der Waals surface area contributed by atoms with Gasteiger partial charge in [-0.3, -0.25) is 0 Å². The van der Waals surface area contributed by atoms with Gasteiger partial charge in [-0.15, -0.1) is 0 Å². The Hall–Kier alpha value is -1.86. The molecule has 0 bridgehead atoms. The van der Waals surface area contributed by atoms with Gasteiger partial charge >= 0.3 is 5.97 Å². The summed E-state index contributed by atoms with van der Waals surface area (Å²) in [6.45, 7) is 3.67. The van der Waals surface area contributed by atoms with Crippen LogP contribution in [-0.2, 0) is 17.8 Å². The number of aliphatic hydroxyl groups excluding tert-OH is 1. The number of ether oxygens (including phenoxy) is 1. The van der Waals surface area contributed by atoms with Crippen LogP contribution in [0.25, 0.3) is 0 Å². The summed E-state index contributed by atoms with van der Waals surface area (Å²) >= 11 is 0. The van der Waals surface area contributed by atoms with Crippen molar-refractivity contribution in [3.05, 3.63) is 34.4 Å². The van der Waals surface area contributed by atoms with E-state index in [-0.39, 0.29) is 6.61 Å². The number of carbonyl (C=O) groups is 1. The highest BCUT2D eigenvalue weighted by Crippen LogP contribution is 2.19. The zero-order valence-electron chi connectivity index (χ0n) is 9.99. The van der Waals surface area contributed by atoms with E-state index in [2.05, 4.69) is 6.07 Å². The molecule has 90 valence electrons. The predicted octanol–water partition coefficient (Wildman–Crippen LogP) is 1.79. The van der Waals surface area contributed by atoms with Crippen molar-refractivity contribution < 1.29 is 14.6 Å². The van der Waals surface area contributed by atoms with Crippen LogP contribution in [0.5, 0.6) is 0 Å². The van der Waals surface area contributed by atoms with E-state index in [1.807, 2.05) is 6.92 Å². The monoisotopic (exact) mass is 233 g/mol. The smallest absolute Gasteiger partial charge is 0.338 e. The molecule has 1 N–H and O–H groups in total. The number of carbonyl (C=O) groups excluding carboxylic acids is 1. The molecule has 0 radical (unpaired) electrons. The molecule has 0 saturated heterocycles. The Bertz CT molecular complexity index is 435. The molecule has 0 amide bonds. The van der Waals surface area contributed by atoms with E-state index in [9.17, 15) is 9.90 Å². The van der Waals surface area contributed by atoms with Crippen LogP contribution in [0.3, 0.4) is 0 Å². The number of nitriles is 1. The number of rotatable bonds is 4. The van der Waals surface area contributed by atoms with Crippen LogP contribution in [0.15, 0.2) is 12.1 Å². The Morgan fingerprint density at radius 1 is 1.41 bits per heavy atom. The lowest BCUT2D eigenvalue weighted by molar-refractivity contribution is 0.0526. The molecule has 4 nitrogen and oxygen atoms in total. The van der Waals surface area contributed by atoms with Gasteiger partial charge in [0.05, 0.1) is 30.4 Å². The van der Waals surface area contributed by atoms with E-state index in [4.69, 9.17) is 10.00 Å². The third-order valence-corrected chi connectivity index (χ3v) is 2.48. The van der Waals surface area contributed by atoms with Crippen LogP contribution in [0.4, 0.5) is 0 Å². The third-order valence-electron chi connectivity index (χ3n) is 2.48. The molecule has 1 aromatic carbocycles. The summed E-state index contributed by atoms with van der Waals surface area (Å²) in [5.41, 5.74) is 2.05. The first-order chi connectivity index (χ1) is 8.17. The van der Waals surface area contributed by atoms with Crippen LogP contribution in [-0.4, -0.2) is 17.7 Å². The second-order valence-electron chi connectivity index (χ2n) is 3.51. The van der Waals surface area contributed by atoms with Gasteiger partial charge in [-0.25, -0.2) is 4.79 Å². The van der Waals surface area contributed by atoms with E-state index in [0.717, 1.165) is 5.56 Å². The highest BCUT2D eigenvalue weighted by Gasteiger charge is 2.14. The predicted molar refractivity (Wildman–Crippen MR) is 62.4 cm³/mol. The van der Waals surface area contributed by atoms with E-state index < -0.39 is 5.97 Å². The Balaban J connectivity index is 3.28. The molecule has 0 aliphatic rings. The molecular weight excluding hydrogens is 218 g/mol. The van der Waals surface area contributed by atoms with E-state index in [1.165, 1.54) is 6.07 Å². The van der Waals surface area contributed by atoms with Crippen molar-refractivity contribution in [3.63, 3.8) is 0 Å². The molecule has 0 unspecified atom stereocenters. The molecule has 0 saturated carbocycles. The van der Waals surface area contributed by atoms with Crippen molar-refractivity contribution in [1.82, 2.24) is 0 Å².